The van der Waals surface area contributed by atoms with Crippen molar-refractivity contribution in [2.75, 3.05) is 50.5 Å². The third-order valence-corrected chi connectivity index (χ3v) is 6.38. The summed E-state index contributed by atoms with van der Waals surface area (Å²) in [6.45, 7) is 7.31. The molecule has 13 heteroatoms. The molecule has 40 heavy (non-hydrogen) atoms. The molecule has 0 unspecified atom stereocenters. The van der Waals surface area contributed by atoms with E-state index in [4.69, 9.17) is 16.3 Å². The molecule has 2 aromatic carbocycles. The van der Waals surface area contributed by atoms with Crippen LogP contribution in [0.5, 0.6) is 5.75 Å². The summed E-state index contributed by atoms with van der Waals surface area (Å²) in [5.41, 5.74) is 0.00894. The van der Waals surface area contributed by atoms with Crippen molar-refractivity contribution in [3.8, 4) is 5.75 Å². The molecular weight excluding hydrogens is 549 g/mol. The third-order valence-electron chi connectivity index (χ3n) is 6.07. The number of likely N-dealkylation sites (N-methyl/N-ethyl adjacent to an activating group) is 2. The zero-order valence-electron chi connectivity index (χ0n) is 22.5. The van der Waals surface area contributed by atoms with Crippen molar-refractivity contribution in [1.29, 1.82) is 0 Å². The number of halogens is 4. The molecular formula is C27H30ClF3N6O3. The van der Waals surface area contributed by atoms with Gasteiger partial charge in [0.1, 0.15) is 5.82 Å². The second-order valence-corrected chi connectivity index (χ2v) is 9.17. The molecule has 0 radical (unpaired) electrons. The minimum atomic E-state index is -4.63. The first-order chi connectivity index (χ1) is 18.9. The van der Waals surface area contributed by atoms with E-state index in [0.717, 1.165) is 36.7 Å². The topological polar surface area (TPSA) is 90.9 Å². The molecule has 0 atom stereocenters. The summed E-state index contributed by atoms with van der Waals surface area (Å²) in [4.78, 5) is 38.9. The molecule has 0 spiro atoms. The number of hydrogen-bond acceptors (Lipinski definition) is 7. The molecule has 214 valence electrons. The van der Waals surface area contributed by atoms with Gasteiger partial charge in [0, 0.05) is 44.6 Å². The summed E-state index contributed by atoms with van der Waals surface area (Å²) in [7, 11) is 3.09. The summed E-state index contributed by atoms with van der Waals surface area (Å²) in [5, 5.41) is 2.84. The normalized spacial score (nSPS) is 11.3. The fraction of sp³-hybridized carbons (Fsp3) is 0.333. The number of anilines is 3. The molecule has 0 aliphatic carbocycles. The Morgan fingerprint density at radius 3 is 2.42 bits per heavy atom. The van der Waals surface area contributed by atoms with Crippen molar-refractivity contribution in [1.82, 2.24) is 19.8 Å². The van der Waals surface area contributed by atoms with Crippen molar-refractivity contribution in [2.24, 2.45) is 0 Å². The Labute approximate surface area is 235 Å². The van der Waals surface area contributed by atoms with Crippen LogP contribution in [-0.2, 0) is 6.18 Å². The van der Waals surface area contributed by atoms with Crippen LogP contribution in [0.3, 0.4) is 0 Å². The fourth-order valence-electron chi connectivity index (χ4n) is 3.62. The molecule has 2 amide bonds. The molecule has 3 rings (SSSR count). The zero-order valence-corrected chi connectivity index (χ0v) is 23.3. The van der Waals surface area contributed by atoms with E-state index in [-0.39, 0.29) is 22.7 Å². The van der Waals surface area contributed by atoms with Gasteiger partial charge in [0.15, 0.2) is 5.75 Å². The lowest BCUT2D eigenvalue weighted by Crippen LogP contribution is -2.36. The van der Waals surface area contributed by atoms with E-state index >= 15 is 0 Å². The first-order valence-electron chi connectivity index (χ1n) is 12.4. The SMILES string of the molecule is CCN(CC)CCN(C)C(=O)c1cccc(Nc2nccc(N(C)C(=O)Oc3cc(C(F)(F)F)ccc3Cl)n2)c1. The van der Waals surface area contributed by atoms with Gasteiger partial charge in [-0.2, -0.15) is 18.2 Å². The summed E-state index contributed by atoms with van der Waals surface area (Å²) in [5.74, 6) is -0.354. The molecule has 1 N–H and O–H groups in total. The Kier molecular flexibility index (Phi) is 10.3. The number of aromatic nitrogens is 2. The Hall–Kier alpha value is -3.90. The van der Waals surface area contributed by atoms with Crippen LogP contribution in [0.15, 0.2) is 54.7 Å². The number of nitrogens with one attached hydrogen (secondary N) is 1. The highest BCUT2D eigenvalue weighted by Gasteiger charge is 2.31. The number of ether oxygens (including phenoxy) is 1. The highest BCUT2D eigenvalue weighted by molar-refractivity contribution is 6.32. The van der Waals surface area contributed by atoms with Crippen LogP contribution in [-0.4, -0.2) is 72.0 Å². The van der Waals surface area contributed by atoms with Gasteiger partial charge in [-0.3, -0.25) is 9.69 Å². The predicted octanol–water partition coefficient (Wildman–Crippen LogP) is 5.94. The lowest BCUT2D eigenvalue weighted by Gasteiger charge is -2.23. The Morgan fingerprint density at radius 2 is 1.75 bits per heavy atom. The Morgan fingerprint density at radius 1 is 1.02 bits per heavy atom. The maximum Gasteiger partial charge on any atom is 0.420 e. The van der Waals surface area contributed by atoms with Crippen LogP contribution in [0.25, 0.3) is 0 Å². The lowest BCUT2D eigenvalue weighted by molar-refractivity contribution is -0.137. The van der Waals surface area contributed by atoms with Crippen molar-refractivity contribution < 1.29 is 27.5 Å². The molecule has 0 aliphatic heterocycles. The second kappa shape index (κ2) is 13.4. The van der Waals surface area contributed by atoms with E-state index in [1.807, 2.05) is 0 Å². The van der Waals surface area contributed by atoms with E-state index in [9.17, 15) is 22.8 Å². The van der Waals surface area contributed by atoms with Crippen molar-refractivity contribution in [2.45, 2.75) is 20.0 Å². The quantitative estimate of drug-likeness (QED) is 0.318. The number of hydrogen-bond donors (Lipinski definition) is 1. The van der Waals surface area contributed by atoms with E-state index in [1.165, 1.54) is 19.3 Å². The number of carbonyl (C=O) groups is 2. The Bertz CT molecular complexity index is 1340. The van der Waals surface area contributed by atoms with E-state index < -0.39 is 23.6 Å². The number of alkyl halides is 3. The molecule has 0 fully saturated rings. The van der Waals surface area contributed by atoms with Crippen LogP contribution in [0, 0.1) is 0 Å². The van der Waals surface area contributed by atoms with E-state index in [2.05, 4.69) is 34.0 Å². The summed E-state index contributed by atoms with van der Waals surface area (Å²) >= 11 is 5.93. The highest BCUT2D eigenvalue weighted by Crippen LogP contribution is 2.35. The van der Waals surface area contributed by atoms with Crippen LogP contribution in [0.1, 0.15) is 29.8 Å². The van der Waals surface area contributed by atoms with Gasteiger partial charge >= 0.3 is 12.3 Å². The number of carbonyl (C=O) groups excluding carboxylic acids is 2. The van der Waals surface area contributed by atoms with Gasteiger partial charge < -0.3 is 19.9 Å². The maximum atomic E-state index is 13.0. The number of nitrogens with zero attached hydrogens (tertiary/aromatic N) is 5. The predicted molar refractivity (Wildman–Crippen MR) is 147 cm³/mol. The van der Waals surface area contributed by atoms with Gasteiger partial charge in [0.05, 0.1) is 10.6 Å². The summed E-state index contributed by atoms with van der Waals surface area (Å²) in [6, 6.07) is 10.7. The van der Waals surface area contributed by atoms with Crippen molar-refractivity contribution in [3.05, 3.63) is 70.9 Å². The fourth-order valence-corrected chi connectivity index (χ4v) is 3.78. The molecule has 9 nitrogen and oxygen atoms in total. The van der Waals surface area contributed by atoms with E-state index in [0.29, 0.717) is 23.9 Å². The number of benzene rings is 2. The second-order valence-electron chi connectivity index (χ2n) is 8.77. The van der Waals surface area contributed by atoms with Gasteiger partial charge in [0.2, 0.25) is 5.95 Å². The van der Waals surface area contributed by atoms with Crippen LogP contribution in [0.4, 0.5) is 35.4 Å². The smallest absolute Gasteiger partial charge is 0.408 e. The zero-order chi connectivity index (χ0) is 29.4. The molecule has 0 aliphatic rings. The lowest BCUT2D eigenvalue weighted by atomic mass is 10.1. The first-order valence-corrected chi connectivity index (χ1v) is 12.8. The first kappa shape index (κ1) is 30.6. The molecule has 1 aromatic heterocycles. The van der Waals surface area contributed by atoms with Crippen molar-refractivity contribution in [3.63, 3.8) is 0 Å². The van der Waals surface area contributed by atoms with Gasteiger partial charge in [-0.05, 0) is 55.6 Å². The molecule has 0 bridgehead atoms. The van der Waals surface area contributed by atoms with Crippen LogP contribution < -0.4 is 15.0 Å². The molecule has 1 heterocycles. The largest absolute Gasteiger partial charge is 0.420 e. The molecule has 0 saturated carbocycles. The average Bonchev–Trinajstić information content (AvgIpc) is 2.93. The van der Waals surface area contributed by atoms with Gasteiger partial charge in [-0.15, -0.1) is 0 Å². The van der Waals surface area contributed by atoms with Crippen LogP contribution >= 0.6 is 11.6 Å². The van der Waals surface area contributed by atoms with Gasteiger partial charge in [0.25, 0.3) is 5.91 Å². The summed E-state index contributed by atoms with van der Waals surface area (Å²) < 4.78 is 44.2. The van der Waals surface area contributed by atoms with Gasteiger partial charge in [-0.25, -0.2) is 9.78 Å². The van der Waals surface area contributed by atoms with Crippen molar-refractivity contribution >= 4 is 41.1 Å². The average molecular weight is 579 g/mol. The standard InChI is InChI=1S/C27H30ClF3N6O3/c1-5-37(6-2)15-14-35(3)24(38)18-8-7-9-20(16-18)33-25-32-13-12-23(34-25)36(4)26(39)40-22-17-19(27(29,30)31)10-11-21(22)28/h7-13,16-17H,5-6,14-15H2,1-4H3,(H,32,33,34). The number of amides is 2. The monoisotopic (exact) mass is 578 g/mol. The maximum absolute atomic E-state index is 13.0. The van der Waals surface area contributed by atoms with E-state index in [1.54, 1.807) is 36.2 Å². The summed E-state index contributed by atoms with van der Waals surface area (Å²) in [6.07, 6.45) is -4.25. The minimum absolute atomic E-state index is 0.106. The molecule has 3 aromatic rings. The number of rotatable bonds is 10. The minimum Gasteiger partial charge on any atom is -0.408 e. The molecule has 0 saturated heterocycles. The Balaban J connectivity index is 1.69. The highest BCUT2D eigenvalue weighted by atomic mass is 35.5. The van der Waals surface area contributed by atoms with Gasteiger partial charge in [-0.1, -0.05) is 31.5 Å². The third kappa shape index (κ3) is 8.06. The van der Waals surface area contributed by atoms with Crippen LogP contribution in [0.2, 0.25) is 5.02 Å².